The molecule has 198 valence electrons. The Bertz CT molecular complexity index is 1350. The van der Waals surface area contributed by atoms with Gasteiger partial charge >= 0.3 is 5.97 Å². The maximum Gasteiger partial charge on any atom is 0.343 e. The number of aryl methyl sites for hydroxylation is 1. The minimum Gasteiger partial charge on any atom is -0.493 e. The molecule has 0 aromatic heterocycles. The first kappa shape index (κ1) is 28.2. The summed E-state index contributed by atoms with van der Waals surface area (Å²) >= 11 is 3.37. The molecule has 2 amide bonds. The molecule has 0 aliphatic heterocycles. The maximum atomic E-state index is 12.6. The molecule has 0 aliphatic rings. The first-order chi connectivity index (χ1) is 18.2. The van der Waals surface area contributed by atoms with Gasteiger partial charge in [-0.25, -0.2) is 10.2 Å². The molecule has 0 radical (unpaired) electrons. The van der Waals surface area contributed by atoms with Crippen molar-refractivity contribution in [2.45, 2.75) is 6.92 Å². The molecule has 0 saturated heterocycles. The van der Waals surface area contributed by atoms with Gasteiger partial charge in [0, 0.05) is 15.6 Å². The maximum absolute atomic E-state index is 12.6. The van der Waals surface area contributed by atoms with Gasteiger partial charge in [0.2, 0.25) is 5.75 Å². The van der Waals surface area contributed by atoms with Gasteiger partial charge in [-0.2, -0.15) is 5.10 Å². The van der Waals surface area contributed by atoms with Crippen LogP contribution in [0.2, 0.25) is 0 Å². The van der Waals surface area contributed by atoms with Crippen molar-refractivity contribution in [3.63, 3.8) is 0 Å². The number of nitrogens with zero attached hydrogens (tertiary/aromatic N) is 1. The Morgan fingerprint density at radius 2 is 1.61 bits per heavy atom. The molecule has 0 aliphatic carbocycles. The van der Waals surface area contributed by atoms with E-state index in [1.165, 1.54) is 39.7 Å². The number of esters is 1. The van der Waals surface area contributed by atoms with Gasteiger partial charge in [0.25, 0.3) is 11.8 Å². The van der Waals surface area contributed by atoms with E-state index >= 15 is 0 Å². The fourth-order valence-electron chi connectivity index (χ4n) is 3.33. The number of hydrazone groups is 1. The number of benzene rings is 3. The fraction of sp³-hybridized carbons (Fsp3) is 0.185. The van der Waals surface area contributed by atoms with E-state index in [-0.39, 0.29) is 17.9 Å². The van der Waals surface area contributed by atoms with Crippen molar-refractivity contribution >= 4 is 39.9 Å². The van der Waals surface area contributed by atoms with Crippen LogP contribution in [0.1, 0.15) is 31.8 Å². The summed E-state index contributed by atoms with van der Waals surface area (Å²) in [5.41, 5.74) is 4.33. The zero-order chi connectivity index (χ0) is 27.7. The smallest absolute Gasteiger partial charge is 0.343 e. The number of rotatable bonds is 10. The highest BCUT2D eigenvalue weighted by Gasteiger charge is 2.17. The van der Waals surface area contributed by atoms with Gasteiger partial charge in [0.1, 0.15) is 5.75 Å². The number of carbonyl (C=O) groups excluding carboxylic acids is 3. The van der Waals surface area contributed by atoms with Gasteiger partial charge in [-0.05, 0) is 49.4 Å². The third kappa shape index (κ3) is 7.32. The van der Waals surface area contributed by atoms with E-state index in [1.807, 2.05) is 13.0 Å². The van der Waals surface area contributed by atoms with Crippen LogP contribution in [0.4, 0.5) is 0 Å². The van der Waals surface area contributed by atoms with Gasteiger partial charge in [-0.1, -0.05) is 33.6 Å². The van der Waals surface area contributed by atoms with E-state index in [9.17, 15) is 14.4 Å². The van der Waals surface area contributed by atoms with E-state index < -0.39 is 17.8 Å². The number of hydrogen-bond donors (Lipinski definition) is 2. The van der Waals surface area contributed by atoms with Crippen LogP contribution in [0.3, 0.4) is 0 Å². The van der Waals surface area contributed by atoms with Crippen LogP contribution >= 0.6 is 15.9 Å². The highest BCUT2D eigenvalue weighted by molar-refractivity contribution is 9.10. The molecule has 0 fully saturated rings. The molecule has 10 nitrogen and oxygen atoms in total. The molecular weight excluding hydrogens is 558 g/mol. The summed E-state index contributed by atoms with van der Waals surface area (Å²) in [6, 6.07) is 15.0. The summed E-state index contributed by atoms with van der Waals surface area (Å²) in [7, 11) is 4.32. The summed E-state index contributed by atoms with van der Waals surface area (Å²) in [5.74, 6) is -0.415. The Morgan fingerprint density at radius 1 is 0.895 bits per heavy atom. The van der Waals surface area contributed by atoms with Gasteiger partial charge < -0.3 is 24.3 Å². The van der Waals surface area contributed by atoms with Gasteiger partial charge in [0.05, 0.1) is 39.7 Å². The lowest BCUT2D eigenvalue weighted by Crippen LogP contribution is -2.35. The van der Waals surface area contributed by atoms with Crippen molar-refractivity contribution in [2.24, 2.45) is 5.10 Å². The molecule has 0 heterocycles. The molecule has 3 rings (SSSR count). The molecule has 11 heteroatoms. The minimum absolute atomic E-state index is 0.213. The number of methoxy groups -OCH3 is 3. The minimum atomic E-state index is -0.574. The monoisotopic (exact) mass is 583 g/mol. The zero-order valence-corrected chi connectivity index (χ0v) is 22.7. The van der Waals surface area contributed by atoms with Gasteiger partial charge in [-0.15, -0.1) is 0 Å². The quantitative estimate of drug-likeness (QED) is 0.160. The second kappa shape index (κ2) is 13.2. The molecule has 0 saturated carbocycles. The Hall–Kier alpha value is -4.38. The van der Waals surface area contributed by atoms with E-state index in [2.05, 4.69) is 31.8 Å². The van der Waals surface area contributed by atoms with E-state index in [0.717, 1.165) is 10.0 Å². The third-order valence-electron chi connectivity index (χ3n) is 5.16. The van der Waals surface area contributed by atoms with Crippen molar-refractivity contribution < 1.29 is 33.3 Å². The van der Waals surface area contributed by atoms with E-state index in [4.69, 9.17) is 18.9 Å². The molecule has 38 heavy (non-hydrogen) atoms. The normalized spacial score (nSPS) is 10.6. The first-order valence-electron chi connectivity index (χ1n) is 11.2. The number of amides is 2. The summed E-state index contributed by atoms with van der Waals surface area (Å²) in [4.78, 5) is 37.4. The van der Waals surface area contributed by atoms with E-state index in [0.29, 0.717) is 28.4 Å². The van der Waals surface area contributed by atoms with E-state index in [1.54, 1.807) is 36.4 Å². The number of carbonyl (C=O) groups is 3. The molecule has 0 atom stereocenters. The summed E-state index contributed by atoms with van der Waals surface area (Å²) < 4.78 is 22.0. The van der Waals surface area contributed by atoms with Crippen LogP contribution in [-0.2, 0) is 4.79 Å². The predicted molar refractivity (Wildman–Crippen MR) is 144 cm³/mol. The average Bonchev–Trinajstić information content (AvgIpc) is 2.92. The number of ether oxygens (including phenoxy) is 4. The lowest BCUT2D eigenvalue weighted by molar-refractivity contribution is -0.120. The van der Waals surface area contributed by atoms with Crippen LogP contribution in [-0.4, -0.2) is 51.9 Å². The molecular formula is C27H26BrN3O7. The molecule has 0 bridgehead atoms. The Balaban J connectivity index is 1.62. The highest BCUT2D eigenvalue weighted by Crippen LogP contribution is 2.38. The average molecular weight is 584 g/mol. The summed E-state index contributed by atoms with van der Waals surface area (Å²) in [6.45, 7) is 1.53. The highest BCUT2D eigenvalue weighted by atomic mass is 79.9. The molecule has 3 aromatic carbocycles. The third-order valence-corrected chi connectivity index (χ3v) is 5.65. The summed E-state index contributed by atoms with van der Waals surface area (Å²) in [5, 5.41) is 6.42. The second-order valence-corrected chi connectivity index (χ2v) is 8.75. The van der Waals surface area contributed by atoms with Crippen molar-refractivity contribution in [1.29, 1.82) is 0 Å². The van der Waals surface area contributed by atoms with Crippen LogP contribution in [0.5, 0.6) is 23.0 Å². The second-order valence-electron chi connectivity index (χ2n) is 7.83. The topological polar surface area (TPSA) is 125 Å². The Morgan fingerprint density at radius 3 is 2.24 bits per heavy atom. The van der Waals surface area contributed by atoms with Crippen LogP contribution in [0, 0.1) is 6.92 Å². The largest absolute Gasteiger partial charge is 0.493 e. The van der Waals surface area contributed by atoms with Crippen molar-refractivity contribution in [3.05, 3.63) is 81.3 Å². The zero-order valence-electron chi connectivity index (χ0n) is 21.2. The molecule has 3 aromatic rings. The van der Waals surface area contributed by atoms with Crippen LogP contribution in [0.15, 0.2) is 64.2 Å². The number of nitrogens with one attached hydrogen (secondary N) is 2. The fourth-order valence-corrected chi connectivity index (χ4v) is 3.71. The van der Waals surface area contributed by atoms with Crippen LogP contribution in [0.25, 0.3) is 0 Å². The van der Waals surface area contributed by atoms with Crippen LogP contribution < -0.4 is 29.7 Å². The Kier molecular flexibility index (Phi) is 9.83. The number of halogens is 1. The lowest BCUT2D eigenvalue weighted by Gasteiger charge is -2.14. The molecule has 2 N–H and O–H groups in total. The molecule has 0 unspecified atom stereocenters. The Labute approximate surface area is 228 Å². The van der Waals surface area contributed by atoms with Gasteiger partial charge in [0.15, 0.2) is 11.5 Å². The van der Waals surface area contributed by atoms with Crippen molar-refractivity contribution in [2.75, 3.05) is 27.9 Å². The standard InChI is InChI=1S/C27H26BrN3O7/c1-16-6-5-7-17(10-16)27(34)38-21-9-8-20(28)11-19(21)14-30-31-24(32)15-29-26(33)18-12-22(35-2)25(37-4)23(13-18)36-3/h5-14H,15H2,1-4H3,(H,29,33)(H,31,32)/b30-14-. The number of hydrogen-bond acceptors (Lipinski definition) is 8. The predicted octanol–water partition coefficient (Wildman–Crippen LogP) is 3.88. The van der Waals surface area contributed by atoms with Gasteiger partial charge in [-0.3, -0.25) is 9.59 Å². The van der Waals surface area contributed by atoms with Crippen molar-refractivity contribution in [3.8, 4) is 23.0 Å². The van der Waals surface area contributed by atoms with Crippen molar-refractivity contribution in [1.82, 2.24) is 10.7 Å². The summed E-state index contributed by atoms with van der Waals surface area (Å²) in [6.07, 6.45) is 1.34. The SMILES string of the molecule is COc1cc(C(=O)NCC(=O)N/N=C\c2cc(Br)ccc2OC(=O)c2cccc(C)c2)cc(OC)c1OC. The molecule has 0 spiro atoms. The first-order valence-corrected chi connectivity index (χ1v) is 12.0. The lowest BCUT2D eigenvalue weighted by atomic mass is 10.1.